The van der Waals surface area contributed by atoms with E-state index in [1.165, 1.54) is 22.9 Å². The van der Waals surface area contributed by atoms with Crippen molar-refractivity contribution in [3.63, 3.8) is 0 Å². The summed E-state index contributed by atoms with van der Waals surface area (Å²) in [5, 5.41) is 4.75. The number of nitrogens with zero attached hydrogens (tertiary/aromatic N) is 3. The molecule has 30 heavy (non-hydrogen) atoms. The summed E-state index contributed by atoms with van der Waals surface area (Å²) in [6, 6.07) is 6.05. The molecule has 0 radical (unpaired) electrons. The lowest BCUT2D eigenvalue weighted by Gasteiger charge is -2.15. The van der Waals surface area contributed by atoms with Crippen LogP contribution in [0.2, 0.25) is 0 Å². The molecule has 1 aliphatic rings. The molecule has 1 saturated heterocycles. The molecule has 0 N–H and O–H groups in total. The average Bonchev–Trinajstić information content (AvgIpc) is 3.32. The van der Waals surface area contributed by atoms with Gasteiger partial charge in [-0.25, -0.2) is 8.78 Å². The van der Waals surface area contributed by atoms with Crippen LogP contribution in [0, 0.1) is 11.6 Å². The summed E-state index contributed by atoms with van der Waals surface area (Å²) in [5.41, 5.74) is 0.0733. The Balaban J connectivity index is 1.81. The number of hydrogen-bond acceptors (Lipinski definition) is 2. The number of aromatic nitrogens is 2. The van der Waals surface area contributed by atoms with Gasteiger partial charge in [0.15, 0.2) is 11.6 Å². The summed E-state index contributed by atoms with van der Waals surface area (Å²) in [5.74, 6) is -2.38. The van der Waals surface area contributed by atoms with Crippen molar-refractivity contribution in [2.75, 3.05) is 13.1 Å². The second-order valence-corrected chi connectivity index (χ2v) is 7.08. The fourth-order valence-electron chi connectivity index (χ4n) is 3.71. The first-order valence-electron chi connectivity index (χ1n) is 9.15. The van der Waals surface area contributed by atoms with Crippen molar-refractivity contribution in [2.45, 2.75) is 18.6 Å². The van der Waals surface area contributed by atoms with Gasteiger partial charge in [0.05, 0.1) is 17.1 Å². The van der Waals surface area contributed by atoms with Crippen LogP contribution in [0.25, 0.3) is 22.2 Å². The van der Waals surface area contributed by atoms with Gasteiger partial charge in [-0.15, -0.1) is 0 Å². The molecule has 2 aromatic carbocycles. The molecule has 0 spiro atoms. The highest BCUT2D eigenvalue weighted by Gasteiger charge is 2.31. The number of carbonyl (C=O) groups excluding carboxylic acids is 1. The van der Waals surface area contributed by atoms with Gasteiger partial charge in [0.1, 0.15) is 5.69 Å². The standard InChI is InChI=1S/C21H16F5N3O/c1-2-19(30)28-8-7-14(11-28)29-18-10-17(23)16(22)9-15(18)20(27-29)12-3-5-13(6-4-12)21(24,25)26/h2-6,9-10,14H,1,7-8,11H2. The fraction of sp³-hybridized carbons (Fsp3) is 0.238. The number of halogens is 5. The van der Waals surface area contributed by atoms with E-state index in [0.29, 0.717) is 30.6 Å². The van der Waals surface area contributed by atoms with E-state index in [9.17, 15) is 26.7 Å². The number of alkyl halides is 3. The van der Waals surface area contributed by atoms with E-state index in [1.807, 2.05) is 0 Å². The number of fused-ring (bicyclic) bond motifs is 1. The quantitative estimate of drug-likeness (QED) is 0.443. The number of benzene rings is 2. The van der Waals surface area contributed by atoms with E-state index in [2.05, 4.69) is 11.7 Å². The molecule has 0 bridgehead atoms. The van der Waals surface area contributed by atoms with Crippen LogP contribution in [0.1, 0.15) is 18.0 Å². The van der Waals surface area contributed by atoms with Gasteiger partial charge in [0.2, 0.25) is 5.91 Å². The Kier molecular flexibility index (Phi) is 4.83. The lowest BCUT2D eigenvalue weighted by atomic mass is 10.1. The third kappa shape index (κ3) is 3.44. The Morgan fingerprint density at radius 1 is 1.13 bits per heavy atom. The molecule has 9 heteroatoms. The van der Waals surface area contributed by atoms with Crippen LogP contribution in [0.4, 0.5) is 22.0 Å². The average molecular weight is 421 g/mol. The van der Waals surface area contributed by atoms with Crippen LogP contribution in [0.3, 0.4) is 0 Å². The van der Waals surface area contributed by atoms with Gasteiger partial charge in [0, 0.05) is 30.1 Å². The summed E-state index contributed by atoms with van der Waals surface area (Å²) < 4.78 is 68.0. The van der Waals surface area contributed by atoms with Gasteiger partial charge < -0.3 is 4.90 Å². The van der Waals surface area contributed by atoms with Crippen LogP contribution >= 0.6 is 0 Å². The second-order valence-electron chi connectivity index (χ2n) is 7.08. The molecule has 4 nitrogen and oxygen atoms in total. The van der Waals surface area contributed by atoms with E-state index >= 15 is 0 Å². The van der Waals surface area contributed by atoms with E-state index in [1.54, 1.807) is 4.90 Å². The topological polar surface area (TPSA) is 38.1 Å². The minimum Gasteiger partial charge on any atom is -0.337 e. The molecule has 3 aromatic rings. The molecule has 1 unspecified atom stereocenters. The Morgan fingerprint density at radius 3 is 2.43 bits per heavy atom. The minimum absolute atomic E-state index is 0.242. The summed E-state index contributed by atoms with van der Waals surface area (Å²) in [6.45, 7) is 4.22. The third-order valence-electron chi connectivity index (χ3n) is 5.23. The molecule has 0 aliphatic carbocycles. The van der Waals surface area contributed by atoms with Crippen molar-refractivity contribution in [2.24, 2.45) is 0 Å². The summed E-state index contributed by atoms with van der Waals surface area (Å²) in [6.07, 6.45) is -2.74. The zero-order valence-corrected chi connectivity index (χ0v) is 15.6. The van der Waals surface area contributed by atoms with Gasteiger partial charge in [-0.2, -0.15) is 18.3 Å². The fourth-order valence-corrected chi connectivity index (χ4v) is 3.71. The van der Waals surface area contributed by atoms with Crippen LogP contribution in [0.5, 0.6) is 0 Å². The predicted molar refractivity (Wildman–Crippen MR) is 101 cm³/mol. The van der Waals surface area contributed by atoms with E-state index in [-0.39, 0.29) is 23.0 Å². The van der Waals surface area contributed by atoms with E-state index in [0.717, 1.165) is 24.3 Å². The van der Waals surface area contributed by atoms with Gasteiger partial charge in [-0.1, -0.05) is 18.7 Å². The highest BCUT2D eigenvalue weighted by atomic mass is 19.4. The van der Waals surface area contributed by atoms with Gasteiger partial charge >= 0.3 is 6.18 Å². The Labute approximate surface area is 168 Å². The molecule has 2 heterocycles. The largest absolute Gasteiger partial charge is 0.416 e. The van der Waals surface area contributed by atoms with Gasteiger partial charge in [-0.3, -0.25) is 9.48 Å². The monoisotopic (exact) mass is 421 g/mol. The van der Waals surface area contributed by atoms with Crippen molar-refractivity contribution >= 4 is 16.8 Å². The Hall–Kier alpha value is -3.23. The maximum atomic E-state index is 14.0. The molecule has 4 rings (SSSR count). The Morgan fingerprint density at radius 2 is 1.80 bits per heavy atom. The predicted octanol–water partition coefficient (Wildman–Crippen LogP) is 4.96. The number of amides is 1. The van der Waals surface area contributed by atoms with Crippen molar-refractivity contribution in [1.82, 2.24) is 14.7 Å². The van der Waals surface area contributed by atoms with Crippen LogP contribution in [-0.2, 0) is 11.0 Å². The second kappa shape index (κ2) is 7.23. The smallest absolute Gasteiger partial charge is 0.337 e. The van der Waals surface area contributed by atoms with Crippen molar-refractivity contribution < 1.29 is 26.7 Å². The summed E-state index contributed by atoms with van der Waals surface area (Å²) in [4.78, 5) is 13.4. The SMILES string of the molecule is C=CC(=O)N1CCC(n2nc(-c3ccc(C(F)(F)F)cc3)c3cc(F)c(F)cc32)C1. The molecule has 156 valence electrons. The van der Waals surface area contributed by atoms with Crippen LogP contribution < -0.4 is 0 Å². The highest BCUT2D eigenvalue weighted by molar-refractivity contribution is 5.93. The highest BCUT2D eigenvalue weighted by Crippen LogP contribution is 2.35. The first kappa shape index (κ1) is 20.1. The minimum atomic E-state index is -4.49. The maximum absolute atomic E-state index is 14.0. The maximum Gasteiger partial charge on any atom is 0.416 e. The molecule has 1 amide bonds. The number of hydrogen-bond donors (Lipinski definition) is 0. The third-order valence-corrected chi connectivity index (χ3v) is 5.23. The van der Waals surface area contributed by atoms with Crippen LogP contribution in [0.15, 0.2) is 49.1 Å². The number of carbonyl (C=O) groups is 1. The molecular formula is C21H16F5N3O. The van der Waals surface area contributed by atoms with Gasteiger partial charge in [-0.05, 0) is 30.7 Å². The molecule has 1 fully saturated rings. The molecular weight excluding hydrogens is 405 g/mol. The normalized spacial score (nSPS) is 17.0. The van der Waals surface area contributed by atoms with Crippen molar-refractivity contribution in [1.29, 1.82) is 0 Å². The van der Waals surface area contributed by atoms with Crippen LogP contribution in [-0.4, -0.2) is 33.7 Å². The lowest BCUT2D eigenvalue weighted by molar-refractivity contribution is -0.137. The first-order valence-corrected chi connectivity index (χ1v) is 9.15. The lowest BCUT2D eigenvalue weighted by Crippen LogP contribution is -2.27. The van der Waals surface area contributed by atoms with E-state index in [4.69, 9.17) is 0 Å². The number of rotatable bonds is 3. The Bertz CT molecular complexity index is 1130. The number of likely N-dealkylation sites (tertiary alicyclic amines) is 1. The van der Waals surface area contributed by atoms with E-state index < -0.39 is 23.4 Å². The van der Waals surface area contributed by atoms with Crippen molar-refractivity contribution in [3.8, 4) is 11.3 Å². The zero-order valence-electron chi connectivity index (χ0n) is 15.6. The molecule has 1 aliphatic heterocycles. The summed E-state index contributed by atoms with van der Waals surface area (Å²) >= 11 is 0. The zero-order chi connectivity index (χ0) is 21.6. The molecule has 1 atom stereocenters. The summed E-state index contributed by atoms with van der Waals surface area (Å²) in [7, 11) is 0. The van der Waals surface area contributed by atoms with Gasteiger partial charge in [0.25, 0.3) is 0 Å². The molecule has 0 saturated carbocycles. The first-order chi connectivity index (χ1) is 14.2. The van der Waals surface area contributed by atoms with Crippen molar-refractivity contribution in [3.05, 3.63) is 66.3 Å². The molecule has 1 aromatic heterocycles.